The summed E-state index contributed by atoms with van der Waals surface area (Å²) in [6.45, 7) is -1.22. The fourth-order valence-corrected chi connectivity index (χ4v) is 1.76. The second kappa shape index (κ2) is 7.63. The van der Waals surface area contributed by atoms with Gasteiger partial charge in [0.2, 0.25) is 5.83 Å². The predicted octanol–water partition coefficient (Wildman–Crippen LogP) is 4.81. The highest BCUT2D eigenvalue weighted by molar-refractivity contribution is 5.94. The van der Waals surface area contributed by atoms with Crippen molar-refractivity contribution in [3.63, 3.8) is 0 Å². The first-order chi connectivity index (χ1) is 11.4. The first-order valence-corrected chi connectivity index (χ1v) is 6.76. The quantitative estimate of drug-likeness (QED) is 0.339. The highest BCUT2D eigenvalue weighted by Gasteiger charge is 2.19. The maximum Gasteiger partial charge on any atom is 0.387 e. The molecular formula is C17H12F4O3. The van der Waals surface area contributed by atoms with E-state index in [4.69, 9.17) is 0 Å². The van der Waals surface area contributed by atoms with Crippen LogP contribution in [0, 0.1) is 6.92 Å². The van der Waals surface area contributed by atoms with Crippen molar-refractivity contribution in [3.8, 4) is 11.5 Å². The molecule has 126 valence electrons. The van der Waals surface area contributed by atoms with E-state index in [0.29, 0.717) is 0 Å². The van der Waals surface area contributed by atoms with Crippen LogP contribution in [-0.2, 0) is 4.79 Å². The second-order valence-corrected chi connectivity index (χ2v) is 4.73. The van der Waals surface area contributed by atoms with Crippen molar-refractivity contribution in [3.05, 3.63) is 65.5 Å². The van der Waals surface area contributed by atoms with Gasteiger partial charge in [0, 0.05) is 5.56 Å². The van der Waals surface area contributed by atoms with Crippen LogP contribution in [0.2, 0.25) is 0 Å². The van der Waals surface area contributed by atoms with Gasteiger partial charge in [0.05, 0.1) is 0 Å². The third-order valence-electron chi connectivity index (χ3n) is 2.94. The molecule has 0 bridgehead atoms. The highest BCUT2D eigenvalue weighted by Crippen LogP contribution is 2.24. The van der Waals surface area contributed by atoms with E-state index in [2.05, 4.69) is 9.47 Å². The number of esters is 1. The zero-order valence-corrected chi connectivity index (χ0v) is 12.4. The van der Waals surface area contributed by atoms with Crippen LogP contribution in [0.4, 0.5) is 17.6 Å². The van der Waals surface area contributed by atoms with Crippen LogP contribution in [-0.4, -0.2) is 12.6 Å². The number of benzene rings is 2. The average Bonchev–Trinajstić information content (AvgIpc) is 2.55. The standard InChI is InChI=1S/C17H12F4O3/c1-10-2-4-11(5-3-10)14(18)15(19)16(22)23-12-6-8-13(9-7-12)24-17(20)21/h2-9,17H,1H3/b15-14+. The fraction of sp³-hybridized carbons (Fsp3) is 0.118. The van der Waals surface area contributed by atoms with Gasteiger partial charge in [0.15, 0.2) is 5.83 Å². The monoisotopic (exact) mass is 340 g/mol. The summed E-state index contributed by atoms with van der Waals surface area (Å²) < 4.78 is 60.5. The molecule has 0 saturated heterocycles. The van der Waals surface area contributed by atoms with Gasteiger partial charge in [-0.3, -0.25) is 0 Å². The van der Waals surface area contributed by atoms with Crippen molar-refractivity contribution in [2.24, 2.45) is 0 Å². The molecule has 0 aliphatic heterocycles. The fourth-order valence-electron chi connectivity index (χ4n) is 1.76. The van der Waals surface area contributed by atoms with E-state index in [0.717, 1.165) is 29.8 Å². The number of rotatable bonds is 5. The average molecular weight is 340 g/mol. The number of carbonyl (C=O) groups excluding carboxylic acids is 1. The number of halogens is 4. The van der Waals surface area contributed by atoms with Crippen molar-refractivity contribution in [1.82, 2.24) is 0 Å². The molecule has 24 heavy (non-hydrogen) atoms. The van der Waals surface area contributed by atoms with Crippen molar-refractivity contribution < 1.29 is 31.8 Å². The molecule has 0 radical (unpaired) electrons. The first-order valence-electron chi connectivity index (χ1n) is 6.76. The van der Waals surface area contributed by atoms with E-state index >= 15 is 0 Å². The van der Waals surface area contributed by atoms with Gasteiger partial charge in [-0.15, -0.1) is 0 Å². The molecule has 2 rings (SSSR count). The molecule has 2 aromatic carbocycles. The van der Waals surface area contributed by atoms with E-state index < -0.39 is 24.2 Å². The molecule has 0 spiro atoms. The maximum absolute atomic E-state index is 13.9. The Morgan fingerprint density at radius 1 is 0.917 bits per heavy atom. The summed E-state index contributed by atoms with van der Waals surface area (Å²) in [7, 11) is 0. The van der Waals surface area contributed by atoms with E-state index in [1.165, 1.54) is 12.1 Å². The summed E-state index contributed by atoms with van der Waals surface area (Å²) in [6, 6.07) is 10.2. The minimum Gasteiger partial charge on any atom is -0.435 e. The summed E-state index contributed by atoms with van der Waals surface area (Å²) in [6.07, 6.45) is 0. The molecular weight excluding hydrogens is 328 g/mol. The third kappa shape index (κ3) is 4.58. The zero-order valence-electron chi connectivity index (χ0n) is 12.4. The Balaban J connectivity index is 2.10. The summed E-state index contributed by atoms with van der Waals surface area (Å²) >= 11 is 0. The lowest BCUT2D eigenvalue weighted by atomic mass is 10.1. The first kappa shape index (κ1) is 17.5. The SMILES string of the molecule is Cc1ccc(/C(F)=C(\F)C(=O)Oc2ccc(OC(F)F)cc2)cc1. The van der Waals surface area contributed by atoms with Crippen LogP contribution >= 0.6 is 0 Å². The van der Waals surface area contributed by atoms with E-state index in [9.17, 15) is 22.4 Å². The normalized spacial score (nSPS) is 11.9. The second-order valence-electron chi connectivity index (χ2n) is 4.73. The molecule has 0 amide bonds. The number of aryl methyl sites for hydroxylation is 1. The lowest BCUT2D eigenvalue weighted by Gasteiger charge is -2.06. The minimum absolute atomic E-state index is 0.101. The van der Waals surface area contributed by atoms with Crippen LogP contribution in [0.15, 0.2) is 54.4 Å². The molecule has 7 heteroatoms. The molecule has 0 aromatic heterocycles. The molecule has 0 saturated carbocycles. The highest BCUT2D eigenvalue weighted by atomic mass is 19.3. The van der Waals surface area contributed by atoms with Gasteiger partial charge in [-0.2, -0.15) is 13.2 Å². The molecule has 0 atom stereocenters. The summed E-state index contributed by atoms with van der Waals surface area (Å²) in [4.78, 5) is 11.6. The van der Waals surface area contributed by atoms with E-state index in [-0.39, 0.29) is 17.1 Å². The van der Waals surface area contributed by atoms with Crippen molar-refractivity contribution >= 4 is 11.8 Å². The minimum atomic E-state index is -3.00. The number of hydrogen-bond acceptors (Lipinski definition) is 3. The Labute approximate surface area is 135 Å². The number of ether oxygens (including phenoxy) is 2. The predicted molar refractivity (Wildman–Crippen MR) is 79.0 cm³/mol. The lowest BCUT2D eigenvalue weighted by molar-refractivity contribution is -0.131. The number of carbonyl (C=O) groups is 1. The molecule has 0 heterocycles. The van der Waals surface area contributed by atoms with Crippen LogP contribution in [0.3, 0.4) is 0 Å². The molecule has 0 unspecified atom stereocenters. The Bertz CT molecular complexity index is 737. The van der Waals surface area contributed by atoms with Gasteiger partial charge in [0.1, 0.15) is 11.5 Å². The Morgan fingerprint density at radius 3 is 2.00 bits per heavy atom. The summed E-state index contributed by atoms with van der Waals surface area (Å²) in [5.41, 5.74) is 0.747. The maximum atomic E-state index is 13.9. The molecule has 0 aliphatic rings. The van der Waals surface area contributed by atoms with Crippen LogP contribution in [0.25, 0.3) is 5.83 Å². The Morgan fingerprint density at radius 2 is 1.46 bits per heavy atom. The zero-order chi connectivity index (χ0) is 17.7. The smallest absolute Gasteiger partial charge is 0.387 e. The van der Waals surface area contributed by atoms with Crippen molar-refractivity contribution in [2.75, 3.05) is 0 Å². The van der Waals surface area contributed by atoms with Gasteiger partial charge in [0.25, 0.3) is 0 Å². The molecule has 3 nitrogen and oxygen atoms in total. The number of hydrogen-bond donors (Lipinski definition) is 0. The lowest BCUT2D eigenvalue weighted by Crippen LogP contribution is -2.09. The Hall–Kier alpha value is -2.83. The van der Waals surface area contributed by atoms with Gasteiger partial charge >= 0.3 is 12.6 Å². The van der Waals surface area contributed by atoms with Gasteiger partial charge in [-0.05, 0) is 31.2 Å². The largest absolute Gasteiger partial charge is 0.435 e. The molecule has 0 N–H and O–H groups in total. The van der Waals surface area contributed by atoms with E-state index in [1.54, 1.807) is 19.1 Å². The van der Waals surface area contributed by atoms with Gasteiger partial charge in [-0.25, -0.2) is 9.18 Å². The third-order valence-corrected chi connectivity index (χ3v) is 2.94. The van der Waals surface area contributed by atoms with Gasteiger partial charge < -0.3 is 9.47 Å². The van der Waals surface area contributed by atoms with Crippen molar-refractivity contribution in [2.45, 2.75) is 13.5 Å². The van der Waals surface area contributed by atoms with Gasteiger partial charge in [-0.1, -0.05) is 29.8 Å². The molecule has 0 fully saturated rings. The van der Waals surface area contributed by atoms with Crippen LogP contribution < -0.4 is 9.47 Å². The summed E-state index contributed by atoms with van der Waals surface area (Å²) in [5.74, 6) is -4.87. The Kier molecular flexibility index (Phi) is 5.57. The topological polar surface area (TPSA) is 35.5 Å². The molecule has 0 aliphatic carbocycles. The summed E-state index contributed by atoms with van der Waals surface area (Å²) in [5, 5.41) is 0. The number of alkyl halides is 2. The van der Waals surface area contributed by atoms with Crippen LogP contribution in [0.5, 0.6) is 11.5 Å². The van der Waals surface area contributed by atoms with Crippen molar-refractivity contribution in [1.29, 1.82) is 0 Å². The van der Waals surface area contributed by atoms with E-state index in [1.807, 2.05) is 0 Å². The van der Waals surface area contributed by atoms with Crippen LogP contribution in [0.1, 0.15) is 11.1 Å². The molecule has 2 aromatic rings.